The van der Waals surface area contributed by atoms with Crippen LogP contribution >= 0.6 is 12.2 Å². The molecule has 0 bridgehead atoms. The number of piperazine rings is 1. The Hall–Kier alpha value is -2.31. The van der Waals surface area contributed by atoms with E-state index in [0.29, 0.717) is 17.2 Å². The van der Waals surface area contributed by atoms with Gasteiger partial charge in [-0.3, -0.25) is 4.90 Å². The molecule has 0 unspecified atom stereocenters. The molecule has 2 aromatic carbocycles. The van der Waals surface area contributed by atoms with Crippen LogP contribution in [0.2, 0.25) is 0 Å². The predicted octanol–water partition coefficient (Wildman–Crippen LogP) is 3.21. The van der Waals surface area contributed by atoms with Gasteiger partial charge in [-0.15, -0.1) is 0 Å². The molecule has 0 spiro atoms. The summed E-state index contributed by atoms with van der Waals surface area (Å²) in [4.78, 5) is 5.52. The zero-order chi connectivity index (χ0) is 19.2. The number of hydrogen-bond acceptors (Lipinski definition) is 5. The van der Waals surface area contributed by atoms with Crippen LogP contribution in [0.3, 0.4) is 0 Å². The van der Waals surface area contributed by atoms with Gasteiger partial charge in [0.05, 0.1) is 21.3 Å². The van der Waals surface area contributed by atoms with Crippen molar-refractivity contribution < 1.29 is 14.2 Å². The van der Waals surface area contributed by atoms with E-state index in [4.69, 9.17) is 26.4 Å². The topological polar surface area (TPSA) is 34.2 Å². The molecular weight excluding hydrogens is 360 g/mol. The van der Waals surface area contributed by atoms with E-state index in [1.807, 2.05) is 12.1 Å². The second-order valence-electron chi connectivity index (χ2n) is 6.47. The van der Waals surface area contributed by atoms with Gasteiger partial charge in [-0.2, -0.15) is 0 Å². The average Bonchev–Trinajstić information content (AvgIpc) is 2.73. The van der Waals surface area contributed by atoms with Crippen LogP contribution < -0.4 is 14.2 Å². The molecule has 1 heterocycles. The van der Waals surface area contributed by atoms with Crippen LogP contribution in [0.15, 0.2) is 42.5 Å². The quantitative estimate of drug-likeness (QED) is 0.710. The van der Waals surface area contributed by atoms with Gasteiger partial charge in [-0.05, 0) is 17.7 Å². The summed E-state index contributed by atoms with van der Waals surface area (Å²) in [6.07, 6.45) is 0. The minimum Gasteiger partial charge on any atom is -0.493 e. The lowest BCUT2D eigenvalue weighted by Gasteiger charge is -2.36. The van der Waals surface area contributed by atoms with E-state index in [9.17, 15) is 0 Å². The predicted molar refractivity (Wildman–Crippen MR) is 111 cm³/mol. The fourth-order valence-corrected chi connectivity index (χ4v) is 3.64. The number of benzene rings is 2. The van der Waals surface area contributed by atoms with Crippen molar-refractivity contribution in [3.05, 3.63) is 53.6 Å². The number of thiocarbonyl (C=S) groups is 1. The molecule has 0 atom stereocenters. The van der Waals surface area contributed by atoms with Gasteiger partial charge in [-0.25, -0.2) is 0 Å². The molecule has 0 aromatic heterocycles. The number of hydrogen-bond donors (Lipinski definition) is 0. The number of methoxy groups -OCH3 is 3. The molecule has 0 saturated carbocycles. The molecular formula is C21H26N2O3S. The zero-order valence-corrected chi connectivity index (χ0v) is 16.9. The second kappa shape index (κ2) is 9.06. The van der Waals surface area contributed by atoms with Gasteiger partial charge in [0.2, 0.25) is 5.75 Å². The minimum atomic E-state index is 0.583. The summed E-state index contributed by atoms with van der Waals surface area (Å²) in [6, 6.07) is 14.4. The van der Waals surface area contributed by atoms with Crippen LogP contribution in [0.25, 0.3) is 0 Å². The lowest BCUT2D eigenvalue weighted by molar-refractivity contribution is 0.177. The first-order valence-electron chi connectivity index (χ1n) is 9.01. The van der Waals surface area contributed by atoms with Gasteiger partial charge in [0.1, 0.15) is 4.99 Å². The van der Waals surface area contributed by atoms with Crippen molar-refractivity contribution in [2.75, 3.05) is 47.5 Å². The molecule has 1 fully saturated rings. The normalized spacial score (nSPS) is 14.7. The minimum absolute atomic E-state index is 0.583. The van der Waals surface area contributed by atoms with Gasteiger partial charge in [0.25, 0.3) is 0 Å². The third-order valence-corrected chi connectivity index (χ3v) is 5.31. The number of rotatable bonds is 6. The lowest BCUT2D eigenvalue weighted by atomic mass is 10.1. The van der Waals surface area contributed by atoms with Crippen molar-refractivity contribution >= 4 is 17.2 Å². The summed E-state index contributed by atoms with van der Waals surface area (Å²) in [7, 11) is 4.84. The summed E-state index contributed by atoms with van der Waals surface area (Å²) in [6.45, 7) is 4.76. The van der Waals surface area contributed by atoms with E-state index in [0.717, 1.165) is 43.3 Å². The largest absolute Gasteiger partial charge is 0.493 e. The Balaban J connectivity index is 1.67. The van der Waals surface area contributed by atoms with E-state index in [1.54, 1.807) is 21.3 Å². The maximum absolute atomic E-state index is 5.76. The number of nitrogens with zero attached hydrogens (tertiary/aromatic N) is 2. The van der Waals surface area contributed by atoms with Crippen LogP contribution in [-0.4, -0.2) is 62.3 Å². The molecule has 0 N–H and O–H groups in total. The SMILES string of the molecule is COc1cc(C(=S)N2CCN(Cc3ccccc3)CC2)cc(OC)c1OC. The Kier molecular flexibility index (Phi) is 6.53. The third kappa shape index (κ3) is 4.51. The molecule has 144 valence electrons. The molecule has 1 aliphatic rings. The molecule has 0 amide bonds. The molecule has 0 radical (unpaired) electrons. The van der Waals surface area contributed by atoms with Crippen LogP contribution in [0.5, 0.6) is 17.2 Å². The van der Waals surface area contributed by atoms with Crippen LogP contribution in [0.1, 0.15) is 11.1 Å². The van der Waals surface area contributed by atoms with Gasteiger partial charge in [0, 0.05) is 38.3 Å². The molecule has 1 saturated heterocycles. The van der Waals surface area contributed by atoms with Crippen molar-refractivity contribution in [2.45, 2.75) is 6.54 Å². The van der Waals surface area contributed by atoms with Crippen LogP contribution in [-0.2, 0) is 6.54 Å². The van der Waals surface area contributed by atoms with Crippen molar-refractivity contribution in [2.24, 2.45) is 0 Å². The number of ether oxygens (including phenoxy) is 3. The van der Waals surface area contributed by atoms with Gasteiger partial charge in [0.15, 0.2) is 11.5 Å². The highest BCUT2D eigenvalue weighted by molar-refractivity contribution is 7.80. The summed E-state index contributed by atoms with van der Waals surface area (Å²) in [5, 5.41) is 0. The van der Waals surface area contributed by atoms with Gasteiger partial charge >= 0.3 is 0 Å². The van der Waals surface area contributed by atoms with E-state index < -0.39 is 0 Å². The van der Waals surface area contributed by atoms with Crippen LogP contribution in [0, 0.1) is 0 Å². The van der Waals surface area contributed by atoms with E-state index in [2.05, 4.69) is 40.1 Å². The summed E-state index contributed by atoms with van der Waals surface area (Å²) in [5.41, 5.74) is 2.26. The Bertz CT molecular complexity index is 749. The standard InChI is InChI=1S/C21H26N2O3S/c1-24-18-13-17(14-19(25-2)20(18)26-3)21(27)23-11-9-22(10-12-23)15-16-7-5-4-6-8-16/h4-8,13-14H,9-12,15H2,1-3H3. The second-order valence-corrected chi connectivity index (χ2v) is 6.85. The van der Waals surface area contributed by atoms with Gasteiger partial charge < -0.3 is 19.1 Å². The third-order valence-electron chi connectivity index (χ3n) is 4.82. The van der Waals surface area contributed by atoms with Crippen molar-refractivity contribution in [3.8, 4) is 17.2 Å². The smallest absolute Gasteiger partial charge is 0.203 e. The maximum atomic E-state index is 5.76. The van der Waals surface area contributed by atoms with Crippen molar-refractivity contribution in [3.63, 3.8) is 0 Å². The van der Waals surface area contributed by atoms with Crippen LogP contribution in [0.4, 0.5) is 0 Å². The highest BCUT2D eigenvalue weighted by Crippen LogP contribution is 2.38. The Morgan fingerprint density at radius 3 is 2.00 bits per heavy atom. The maximum Gasteiger partial charge on any atom is 0.203 e. The Labute approximate surface area is 166 Å². The molecule has 0 aliphatic carbocycles. The first kappa shape index (κ1) is 19.5. The highest BCUT2D eigenvalue weighted by Gasteiger charge is 2.22. The van der Waals surface area contributed by atoms with E-state index >= 15 is 0 Å². The zero-order valence-electron chi connectivity index (χ0n) is 16.1. The summed E-state index contributed by atoms with van der Waals surface area (Å²) < 4.78 is 16.3. The fraction of sp³-hybridized carbons (Fsp3) is 0.381. The summed E-state index contributed by atoms with van der Waals surface area (Å²) >= 11 is 5.76. The highest BCUT2D eigenvalue weighted by atomic mass is 32.1. The molecule has 1 aliphatic heterocycles. The first-order chi connectivity index (χ1) is 13.2. The fourth-order valence-electron chi connectivity index (χ4n) is 3.34. The first-order valence-corrected chi connectivity index (χ1v) is 9.42. The molecule has 5 nitrogen and oxygen atoms in total. The Morgan fingerprint density at radius 2 is 1.48 bits per heavy atom. The molecule has 6 heteroatoms. The lowest BCUT2D eigenvalue weighted by Crippen LogP contribution is -2.48. The molecule has 27 heavy (non-hydrogen) atoms. The monoisotopic (exact) mass is 386 g/mol. The van der Waals surface area contributed by atoms with Crippen molar-refractivity contribution in [1.82, 2.24) is 9.80 Å². The average molecular weight is 387 g/mol. The van der Waals surface area contributed by atoms with E-state index in [1.165, 1.54) is 5.56 Å². The Morgan fingerprint density at radius 1 is 0.889 bits per heavy atom. The van der Waals surface area contributed by atoms with Crippen molar-refractivity contribution in [1.29, 1.82) is 0 Å². The van der Waals surface area contributed by atoms with E-state index in [-0.39, 0.29) is 0 Å². The molecule has 3 rings (SSSR count). The summed E-state index contributed by atoms with van der Waals surface area (Å²) in [5.74, 6) is 1.83. The van der Waals surface area contributed by atoms with Gasteiger partial charge in [-0.1, -0.05) is 42.5 Å². The molecule has 2 aromatic rings.